The number of rotatable bonds is 1. The molecule has 1 saturated heterocycles. The van der Waals surface area contributed by atoms with Gasteiger partial charge < -0.3 is 10.2 Å². The Hall–Kier alpha value is -0.380. The molecule has 1 aliphatic rings. The predicted molar refractivity (Wildman–Crippen MR) is 52.6 cm³/mol. The molecule has 1 heterocycles. The summed E-state index contributed by atoms with van der Waals surface area (Å²) in [5.74, 6) is 2.34. The Balaban J connectivity index is 2.39. The van der Waals surface area contributed by atoms with Crippen molar-refractivity contribution in [2.24, 2.45) is 0 Å². The Morgan fingerprint density at radius 1 is 1.67 bits per heavy atom. The molecule has 0 spiro atoms. The van der Waals surface area contributed by atoms with Gasteiger partial charge in [-0.3, -0.25) is 0 Å². The monoisotopic (exact) mass is 188 g/mol. The van der Waals surface area contributed by atoms with E-state index in [4.69, 9.17) is 0 Å². The summed E-state index contributed by atoms with van der Waals surface area (Å²) in [5, 5.41) is 2.64. The first-order valence-electron chi connectivity index (χ1n) is 4.28. The van der Waals surface area contributed by atoms with Gasteiger partial charge in [-0.05, 0) is 18.6 Å². The molecular formula is C8H16N2OS. The van der Waals surface area contributed by atoms with Crippen LogP contribution in [0.3, 0.4) is 0 Å². The van der Waals surface area contributed by atoms with Crippen LogP contribution in [0.1, 0.15) is 12.8 Å². The maximum Gasteiger partial charge on any atom is 0.317 e. The zero-order valence-electron chi connectivity index (χ0n) is 7.67. The Kier molecular flexibility index (Phi) is 3.72. The van der Waals surface area contributed by atoms with Crippen molar-refractivity contribution in [3.63, 3.8) is 0 Å². The highest BCUT2D eigenvalue weighted by molar-refractivity contribution is 7.99. The topological polar surface area (TPSA) is 32.3 Å². The van der Waals surface area contributed by atoms with Crippen molar-refractivity contribution in [2.75, 3.05) is 25.6 Å². The summed E-state index contributed by atoms with van der Waals surface area (Å²) in [4.78, 5) is 13.0. The fourth-order valence-electron chi connectivity index (χ4n) is 1.37. The maximum absolute atomic E-state index is 11.2. The van der Waals surface area contributed by atoms with Gasteiger partial charge in [-0.1, -0.05) is 0 Å². The third kappa shape index (κ3) is 2.30. The van der Waals surface area contributed by atoms with E-state index in [1.165, 1.54) is 12.2 Å². The first-order valence-corrected chi connectivity index (χ1v) is 5.43. The highest BCUT2D eigenvalue weighted by Crippen LogP contribution is 2.20. The minimum atomic E-state index is 0.0301. The van der Waals surface area contributed by atoms with E-state index < -0.39 is 0 Å². The van der Waals surface area contributed by atoms with Crippen LogP contribution in [0.2, 0.25) is 0 Å². The van der Waals surface area contributed by atoms with E-state index in [1.54, 1.807) is 7.05 Å². The van der Waals surface area contributed by atoms with Crippen molar-refractivity contribution in [1.29, 1.82) is 0 Å². The number of nitrogens with zero attached hydrogens (tertiary/aromatic N) is 1. The SMILES string of the molecule is CNC(=O)N(C)C1CCCSC1. The van der Waals surface area contributed by atoms with E-state index in [0.29, 0.717) is 6.04 Å². The summed E-state index contributed by atoms with van der Waals surface area (Å²) in [5.41, 5.74) is 0. The number of hydrogen-bond donors (Lipinski definition) is 1. The highest BCUT2D eigenvalue weighted by Gasteiger charge is 2.21. The summed E-state index contributed by atoms with van der Waals surface area (Å²) >= 11 is 1.94. The van der Waals surface area contributed by atoms with Crippen molar-refractivity contribution >= 4 is 17.8 Å². The van der Waals surface area contributed by atoms with Gasteiger partial charge in [0.1, 0.15) is 0 Å². The van der Waals surface area contributed by atoms with Gasteiger partial charge in [0.25, 0.3) is 0 Å². The normalized spacial score (nSPS) is 23.3. The quantitative estimate of drug-likeness (QED) is 0.669. The molecule has 12 heavy (non-hydrogen) atoms. The number of amides is 2. The Morgan fingerprint density at radius 3 is 2.92 bits per heavy atom. The number of carbonyl (C=O) groups is 1. The number of thioether (sulfide) groups is 1. The van der Waals surface area contributed by atoms with Crippen molar-refractivity contribution in [3.05, 3.63) is 0 Å². The molecule has 2 amide bonds. The summed E-state index contributed by atoms with van der Waals surface area (Å²) in [6.45, 7) is 0. The second kappa shape index (κ2) is 4.60. The van der Waals surface area contributed by atoms with Gasteiger partial charge >= 0.3 is 6.03 Å². The van der Waals surface area contributed by atoms with E-state index in [0.717, 1.165) is 12.2 Å². The largest absolute Gasteiger partial charge is 0.341 e. The zero-order chi connectivity index (χ0) is 8.97. The van der Waals surface area contributed by atoms with Crippen molar-refractivity contribution in [1.82, 2.24) is 10.2 Å². The molecule has 0 aromatic rings. The fourth-order valence-corrected chi connectivity index (χ4v) is 2.57. The number of carbonyl (C=O) groups excluding carboxylic acids is 1. The van der Waals surface area contributed by atoms with Crippen LogP contribution < -0.4 is 5.32 Å². The Bertz CT molecular complexity index is 157. The molecule has 0 radical (unpaired) electrons. The van der Waals surface area contributed by atoms with Crippen LogP contribution in [0.4, 0.5) is 4.79 Å². The van der Waals surface area contributed by atoms with Gasteiger partial charge in [-0.15, -0.1) is 0 Å². The van der Waals surface area contributed by atoms with E-state index in [2.05, 4.69) is 5.32 Å². The van der Waals surface area contributed by atoms with Gasteiger partial charge in [0.05, 0.1) is 0 Å². The maximum atomic E-state index is 11.2. The number of nitrogens with one attached hydrogen (secondary N) is 1. The van der Waals surface area contributed by atoms with Crippen LogP contribution in [0.25, 0.3) is 0 Å². The minimum Gasteiger partial charge on any atom is -0.341 e. The molecule has 1 N–H and O–H groups in total. The van der Waals surface area contributed by atoms with E-state index in [1.807, 2.05) is 23.7 Å². The third-order valence-electron chi connectivity index (χ3n) is 2.22. The van der Waals surface area contributed by atoms with E-state index in [-0.39, 0.29) is 6.03 Å². The molecule has 70 valence electrons. The molecule has 0 bridgehead atoms. The molecule has 1 fully saturated rings. The standard InChI is InChI=1S/C8H16N2OS/c1-9-8(11)10(2)7-4-3-5-12-6-7/h7H,3-6H2,1-2H3,(H,9,11). The lowest BCUT2D eigenvalue weighted by atomic mass is 10.2. The molecular weight excluding hydrogens is 172 g/mol. The number of urea groups is 1. The lowest BCUT2D eigenvalue weighted by molar-refractivity contribution is 0.193. The van der Waals surface area contributed by atoms with E-state index >= 15 is 0 Å². The summed E-state index contributed by atoms with van der Waals surface area (Å²) in [6.07, 6.45) is 2.38. The molecule has 0 saturated carbocycles. The highest BCUT2D eigenvalue weighted by atomic mass is 32.2. The van der Waals surface area contributed by atoms with Crippen LogP contribution in [0.15, 0.2) is 0 Å². The van der Waals surface area contributed by atoms with Gasteiger partial charge in [0, 0.05) is 25.9 Å². The second-order valence-corrected chi connectivity index (χ2v) is 4.19. The number of hydrogen-bond acceptors (Lipinski definition) is 2. The van der Waals surface area contributed by atoms with Crippen LogP contribution >= 0.6 is 11.8 Å². The molecule has 4 heteroatoms. The van der Waals surface area contributed by atoms with Crippen molar-refractivity contribution in [2.45, 2.75) is 18.9 Å². The molecule has 0 aromatic heterocycles. The third-order valence-corrected chi connectivity index (χ3v) is 3.42. The van der Waals surface area contributed by atoms with Crippen LogP contribution in [-0.2, 0) is 0 Å². The molecule has 1 unspecified atom stereocenters. The van der Waals surface area contributed by atoms with Gasteiger partial charge in [0.2, 0.25) is 0 Å². The van der Waals surface area contributed by atoms with E-state index in [9.17, 15) is 4.79 Å². The molecule has 1 aliphatic heterocycles. The summed E-state index contributed by atoms with van der Waals surface area (Å²) < 4.78 is 0. The lowest BCUT2D eigenvalue weighted by Crippen LogP contribution is -2.44. The van der Waals surface area contributed by atoms with Crippen molar-refractivity contribution < 1.29 is 4.79 Å². The summed E-state index contributed by atoms with van der Waals surface area (Å²) in [6, 6.07) is 0.464. The second-order valence-electron chi connectivity index (χ2n) is 3.04. The van der Waals surface area contributed by atoms with Crippen molar-refractivity contribution in [3.8, 4) is 0 Å². The first-order chi connectivity index (χ1) is 5.75. The molecule has 0 aliphatic carbocycles. The van der Waals surface area contributed by atoms with Gasteiger partial charge in [-0.25, -0.2) is 4.79 Å². The van der Waals surface area contributed by atoms with Crippen LogP contribution in [-0.4, -0.2) is 42.6 Å². The lowest BCUT2D eigenvalue weighted by Gasteiger charge is -2.30. The first kappa shape index (κ1) is 9.71. The minimum absolute atomic E-state index is 0.0301. The Labute approximate surface area is 77.9 Å². The summed E-state index contributed by atoms with van der Waals surface area (Å²) in [7, 11) is 3.55. The smallest absolute Gasteiger partial charge is 0.317 e. The van der Waals surface area contributed by atoms with Gasteiger partial charge in [-0.2, -0.15) is 11.8 Å². The average Bonchev–Trinajstić information content (AvgIpc) is 2.17. The van der Waals surface area contributed by atoms with Crippen LogP contribution in [0, 0.1) is 0 Å². The molecule has 3 nitrogen and oxygen atoms in total. The fraction of sp³-hybridized carbons (Fsp3) is 0.875. The average molecular weight is 188 g/mol. The molecule has 1 rings (SSSR count). The zero-order valence-corrected chi connectivity index (χ0v) is 8.49. The Morgan fingerprint density at radius 2 is 2.42 bits per heavy atom. The molecule has 1 atom stereocenters. The predicted octanol–water partition coefficient (Wildman–Crippen LogP) is 1.15. The van der Waals surface area contributed by atoms with Gasteiger partial charge in [0.15, 0.2) is 0 Å². The van der Waals surface area contributed by atoms with Crippen LogP contribution in [0.5, 0.6) is 0 Å². The molecule has 0 aromatic carbocycles.